The summed E-state index contributed by atoms with van der Waals surface area (Å²) in [5.41, 5.74) is 0.0617. The minimum absolute atomic E-state index is 0.114. The van der Waals surface area contributed by atoms with E-state index in [-0.39, 0.29) is 43.6 Å². The largest absolute Gasteiger partial charge is 0.354 e. The maximum Gasteiger partial charge on any atom is 0.345 e. The standard InChI is InChI=1S/C15H18FN5O3/c1-20-10-19-21(15(20)24)9-6-13(22)17-7-8-18-14(23)11-2-4-12(16)5-3-11/h2-5,10H,6-9H2,1H3,(H,17,22)(H,18,23). The van der Waals surface area contributed by atoms with E-state index in [0.29, 0.717) is 5.56 Å². The van der Waals surface area contributed by atoms with Gasteiger partial charge in [0.25, 0.3) is 5.91 Å². The van der Waals surface area contributed by atoms with E-state index in [0.717, 1.165) is 0 Å². The molecule has 1 aromatic carbocycles. The number of carbonyl (C=O) groups excluding carboxylic acids is 2. The van der Waals surface area contributed by atoms with Crippen LogP contribution in [0.25, 0.3) is 0 Å². The van der Waals surface area contributed by atoms with Crippen molar-refractivity contribution in [2.75, 3.05) is 13.1 Å². The number of carbonyl (C=O) groups is 2. The van der Waals surface area contributed by atoms with Crippen molar-refractivity contribution in [3.8, 4) is 0 Å². The molecular weight excluding hydrogens is 317 g/mol. The highest BCUT2D eigenvalue weighted by Crippen LogP contribution is 2.01. The Labute approximate surface area is 137 Å². The molecule has 2 rings (SSSR count). The lowest BCUT2D eigenvalue weighted by atomic mass is 10.2. The van der Waals surface area contributed by atoms with Crippen LogP contribution in [0.2, 0.25) is 0 Å². The molecular formula is C15H18FN5O3. The highest BCUT2D eigenvalue weighted by molar-refractivity contribution is 5.94. The number of aryl methyl sites for hydroxylation is 2. The average Bonchev–Trinajstić information content (AvgIpc) is 2.89. The fourth-order valence-corrected chi connectivity index (χ4v) is 1.95. The van der Waals surface area contributed by atoms with Crippen LogP contribution in [0.5, 0.6) is 0 Å². The van der Waals surface area contributed by atoms with Crippen molar-refractivity contribution in [2.24, 2.45) is 7.05 Å². The predicted molar refractivity (Wildman–Crippen MR) is 83.8 cm³/mol. The molecule has 0 saturated heterocycles. The van der Waals surface area contributed by atoms with E-state index in [1.54, 1.807) is 7.05 Å². The Morgan fingerprint density at radius 1 is 1.17 bits per heavy atom. The molecule has 2 N–H and O–H groups in total. The second-order valence-corrected chi connectivity index (χ2v) is 5.11. The third-order valence-corrected chi connectivity index (χ3v) is 3.28. The van der Waals surface area contributed by atoms with Crippen molar-refractivity contribution in [1.29, 1.82) is 0 Å². The van der Waals surface area contributed by atoms with Gasteiger partial charge in [0.05, 0.1) is 6.54 Å². The normalized spacial score (nSPS) is 10.4. The first-order valence-corrected chi connectivity index (χ1v) is 7.36. The second-order valence-electron chi connectivity index (χ2n) is 5.11. The number of hydrogen-bond donors (Lipinski definition) is 2. The lowest BCUT2D eigenvalue weighted by Crippen LogP contribution is -2.35. The predicted octanol–water partition coefficient (Wildman–Crippen LogP) is -0.343. The van der Waals surface area contributed by atoms with Gasteiger partial charge in [-0.3, -0.25) is 14.2 Å². The molecule has 0 atom stereocenters. The molecule has 0 bridgehead atoms. The maximum absolute atomic E-state index is 12.8. The number of nitrogens with zero attached hydrogens (tertiary/aromatic N) is 3. The molecule has 0 aliphatic carbocycles. The van der Waals surface area contributed by atoms with Crippen LogP contribution in [-0.2, 0) is 18.4 Å². The van der Waals surface area contributed by atoms with Crippen LogP contribution < -0.4 is 16.3 Å². The third-order valence-electron chi connectivity index (χ3n) is 3.28. The van der Waals surface area contributed by atoms with Gasteiger partial charge in [-0.1, -0.05) is 0 Å². The lowest BCUT2D eigenvalue weighted by molar-refractivity contribution is -0.121. The minimum Gasteiger partial charge on any atom is -0.354 e. The summed E-state index contributed by atoms with van der Waals surface area (Å²) in [5.74, 6) is -1.00. The zero-order valence-corrected chi connectivity index (χ0v) is 13.2. The fraction of sp³-hybridized carbons (Fsp3) is 0.333. The Morgan fingerprint density at radius 2 is 1.83 bits per heavy atom. The van der Waals surface area contributed by atoms with Gasteiger partial charge in [0.2, 0.25) is 5.91 Å². The van der Waals surface area contributed by atoms with Gasteiger partial charge in [-0.15, -0.1) is 0 Å². The Bertz CT molecular complexity index is 766. The molecule has 0 unspecified atom stereocenters. The summed E-state index contributed by atoms with van der Waals surface area (Å²) in [6, 6.07) is 5.17. The SMILES string of the molecule is Cn1cnn(CCC(=O)NCCNC(=O)c2ccc(F)cc2)c1=O. The zero-order valence-electron chi connectivity index (χ0n) is 13.2. The average molecular weight is 335 g/mol. The summed E-state index contributed by atoms with van der Waals surface area (Å²) in [5, 5.41) is 9.09. The van der Waals surface area contributed by atoms with E-state index in [4.69, 9.17) is 0 Å². The Hall–Kier alpha value is -2.97. The van der Waals surface area contributed by atoms with Crippen molar-refractivity contribution in [3.05, 3.63) is 52.5 Å². The van der Waals surface area contributed by atoms with E-state index >= 15 is 0 Å². The summed E-state index contributed by atoms with van der Waals surface area (Å²) in [4.78, 5) is 35.0. The van der Waals surface area contributed by atoms with Gasteiger partial charge in [-0.05, 0) is 24.3 Å². The number of benzene rings is 1. The van der Waals surface area contributed by atoms with Gasteiger partial charge >= 0.3 is 5.69 Å². The monoisotopic (exact) mass is 335 g/mol. The van der Waals surface area contributed by atoms with Crippen molar-refractivity contribution >= 4 is 11.8 Å². The van der Waals surface area contributed by atoms with Gasteiger partial charge < -0.3 is 10.6 Å². The molecule has 9 heteroatoms. The number of halogens is 1. The molecule has 2 aromatic rings. The first-order valence-electron chi connectivity index (χ1n) is 7.36. The van der Waals surface area contributed by atoms with Gasteiger partial charge in [-0.2, -0.15) is 5.10 Å². The Kier molecular flexibility index (Phi) is 5.83. The maximum atomic E-state index is 12.8. The number of rotatable bonds is 7. The van der Waals surface area contributed by atoms with E-state index in [1.165, 1.54) is 39.8 Å². The molecule has 1 aromatic heterocycles. The van der Waals surface area contributed by atoms with E-state index in [2.05, 4.69) is 15.7 Å². The van der Waals surface area contributed by atoms with Crippen molar-refractivity contribution in [1.82, 2.24) is 25.0 Å². The number of aromatic nitrogens is 3. The van der Waals surface area contributed by atoms with Gasteiger partial charge in [0.1, 0.15) is 12.1 Å². The summed E-state index contributed by atoms with van der Waals surface area (Å²) >= 11 is 0. The van der Waals surface area contributed by atoms with Crippen molar-refractivity contribution in [3.63, 3.8) is 0 Å². The molecule has 128 valence electrons. The molecule has 0 spiro atoms. The van der Waals surface area contributed by atoms with Crippen LogP contribution in [0.4, 0.5) is 4.39 Å². The van der Waals surface area contributed by atoms with Gasteiger partial charge in [0.15, 0.2) is 0 Å². The molecule has 2 amide bonds. The molecule has 0 aliphatic rings. The molecule has 0 saturated carbocycles. The van der Waals surface area contributed by atoms with Crippen molar-refractivity contribution < 1.29 is 14.0 Å². The third kappa shape index (κ3) is 4.77. The van der Waals surface area contributed by atoms with Crippen LogP contribution in [0.3, 0.4) is 0 Å². The van der Waals surface area contributed by atoms with Gasteiger partial charge in [0, 0.05) is 32.1 Å². The molecule has 24 heavy (non-hydrogen) atoms. The number of amides is 2. The highest BCUT2D eigenvalue weighted by Gasteiger charge is 2.07. The van der Waals surface area contributed by atoms with Gasteiger partial charge in [-0.25, -0.2) is 13.9 Å². The first-order chi connectivity index (χ1) is 11.5. The van der Waals surface area contributed by atoms with Crippen molar-refractivity contribution in [2.45, 2.75) is 13.0 Å². The highest BCUT2D eigenvalue weighted by atomic mass is 19.1. The fourth-order valence-electron chi connectivity index (χ4n) is 1.95. The number of hydrogen-bond acceptors (Lipinski definition) is 4. The number of nitrogens with one attached hydrogen (secondary N) is 2. The van der Waals surface area contributed by atoms with E-state index in [9.17, 15) is 18.8 Å². The molecule has 0 aliphatic heterocycles. The molecule has 0 fully saturated rings. The van der Waals surface area contributed by atoms with E-state index in [1.807, 2.05) is 0 Å². The van der Waals surface area contributed by atoms with Crippen LogP contribution in [0.1, 0.15) is 16.8 Å². The molecule has 8 nitrogen and oxygen atoms in total. The van der Waals surface area contributed by atoms with Crippen LogP contribution >= 0.6 is 0 Å². The summed E-state index contributed by atoms with van der Waals surface area (Å²) in [6.07, 6.45) is 1.49. The molecule has 1 heterocycles. The van der Waals surface area contributed by atoms with Crippen LogP contribution in [0, 0.1) is 5.82 Å². The minimum atomic E-state index is -0.411. The Morgan fingerprint density at radius 3 is 2.46 bits per heavy atom. The smallest absolute Gasteiger partial charge is 0.345 e. The second kappa shape index (κ2) is 8.04. The summed E-state index contributed by atoms with van der Waals surface area (Å²) in [6.45, 7) is 0.682. The first kappa shape index (κ1) is 17.4. The summed E-state index contributed by atoms with van der Waals surface area (Å²) < 4.78 is 15.3. The molecule has 0 radical (unpaired) electrons. The Balaban J connectivity index is 1.65. The quantitative estimate of drug-likeness (QED) is 0.676. The summed E-state index contributed by atoms with van der Waals surface area (Å²) in [7, 11) is 1.58. The van der Waals surface area contributed by atoms with Crippen LogP contribution in [0.15, 0.2) is 35.4 Å². The van der Waals surface area contributed by atoms with Crippen LogP contribution in [-0.4, -0.2) is 39.3 Å². The van der Waals surface area contributed by atoms with E-state index < -0.39 is 5.82 Å². The lowest BCUT2D eigenvalue weighted by Gasteiger charge is -2.07. The topological polar surface area (TPSA) is 98.0 Å². The zero-order chi connectivity index (χ0) is 17.5.